The zero-order valence-electron chi connectivity index (χ0n) is 54.6. The normalized spacial score (nSPS) is 40.0. The minimum Gasteiger partial charge on any atom is -0.508 e. The van der Waals surface area contributed by atoms with Crippen LogP contribution in [0.3, 0.4) is 0 Å². The second-order valence-corrected chi connectivity index (χ2v) is 23.2. The van der Waals surface area contributed by atoms with E-state index in [1.165, 1.54) is 87.4 Å². The molecule has 12 aliphatic carbocycles. The molecule has 17 rings (SSSR count). The molecule has 12 saturated carbocycles. The SMILES string of the molecule is CC.CC.CC.O=C1C2CC3CC(C2)CC1C3.[2H]C([2H])([2H])OC(=O)c1cccc(O)c1.[2H]C([2H])([2H])OC1(c2cccc(O)c2)OOC12C1CC3CC(C1)CC2C3.[2H]C([2H])([2H])OC1(c2cccc(OS(=O)(=O)O)c2)OOC12C1CC3CC(C1)CC2C3.[Na+]. The molecule has 12 bridgehead atoms. The Hall–Kier alpha value is -3.13. The number of benzene rings is 3. The molecule has 14 aliphatic rings. The molecule has 2 atom stereocenters. The van der Waals surface area contributed by atoms with Crippen molar-refractivity contribution in [2.75, 3.05) is 21.1 Å². The summed E-state index contributed by atoms with van der Waals surface area (Å²) >= 11 is 0. The van der Waals surface area contributed by atoms with Crippen LogP contribution in [0.2, 0.25) is 0 Å². The molecule has 0 radical (unpaired) electrons. The number of methoxy groups -OCH3 is 3. The summed E-state index contributed by atoms with van der Waals surface area (Å²) < 4.78 is 118. The van der Waals surface area contributed by atoms with E-state index in [9.17, 15) is 23.1 Å². The second-order valence-electron chi connectivity index (χ2n) is 22.2. The molecule has 3 N–H and O–H groups in total. The van der Waals surface area contributed by atoms with Gasteiger partial charge < -0.3 is 28.6 Å². The first-order valence-corrected chi connectivity index (χ1v) is 29.2. The van der Waals surface area contributed by atoms with E-state index in [1.807, 2.05) is 41.5 Å². The number of aromatic hydroxyl groups is 2. The van der Waals surface area contributed by atoms with E-state index in [0.717, 1.165) is 69.3 Å². The Bertz CT molecular complexity index is 2840. The van der Waals surface area contributed by atoms with Crippen LogP contribution in [0.1, 0.15) is 172 Å². The second kappa shape index (κ2) is 25.3. The van der Waals surface area contributed by atoms with Crippen LogP contribution in [-0.4, -0.2) is 67.3 Å². The van der Waals surface area contributed by atoms with Crippen LogP contribution in [-0.2, 0) is 60.5 Å². The van der Waals surface area contributed by atoms with E-state index in [4.69, 9.17) is 51.0 Å². The van der Waals surface area contributed by atoms with Gasteiger partial charge in [-0.15, -0.1) is 0 Å². The zero-order chi connectivity index (χ0) is 62.3. The predicted octanol–water partition coefficient (Wildman–Crippen LogP) is 9.45. The van der Waals surface area contributed by atoms with Crippen molar-refractivity contribution in [1.29, 1.82) is 0 Å². The van der Waals surface area contributed by atoms with Crippen LogP contribution in [0, 0.1) is 71.0 Å². The Kier molecular flexibility index (Phi) is 16.3. The van der Waals surface area contributed by atoms with Gasteiger partial charge in [0.15, 0.2) is 11.2 Å². The number of hydrogen-bond donors (Lipinski definition) is 3. The van der Waals surface area contributed by atoms with E-state index in [-0.39, 0.29) is 81.6 Å². The Balaban J connectivity index is 0.000000168. The first-order valence-electron chi connectivity index (χ1n) is 32.3. The van der Waals surface area contributed by atoms with Gasteiger partial charge in [-0.05, 0) is 198 Å². The van der Waals surface area contributed by atoms with E-state index in [2.05, 4.69) is 8.92 Å². The number of carbonyl (C=O) groups is 2. The van der Waals surface area contributed by atoms with Crippen molar-refractivity contribution in [2.45, 2.75) is 161 Å². The van der Waals surface area contributed by atoms with Crippen molar-refractivity contribution in [2.24, 2.45) is 71.0 Å². The molecule has 17 heteroatoms. The third-order valence-electron chi connectivity index (χ3n) is 18.4. The van der Waals surface area contributed by atoms with Gasteiger partial charge in [0.05, 0.1) is 24.9 Å². The zero-order valence-corrected chi connectivity index (χ0v) is 48.4. The molecule has 3 aromatic rings. The first-order chi connectivity index (χ1) is 40.0. The Morgan fingerprint density at radius 2 is 0.935 bits per heavy atom. The standard InChI is InChI=1S/C18H22O7S.C18H22O4.C10H14O.C8H8O3.3C2H6.Na/c1-22-18(13-3-2-4-16(10-13)23-26(19,20)21)17(24-25-18)14-6-11-5-12(8-14)9-15(17)7-11;1-20-18(13-3-2-4-16(19)10-13)17(21-22-18)14-6-11-5-12(8-14)9-15(17)7-11;11-10-8-2-6-1-7(4-8)5-9(10)3-6;1-11-8(10)6-3-2-4-7(9)5-6;3*1-2;/h2-4,10-12,14-15H,5-9H2,1H3,(H,19,20,21);2-4,10-12,14-15,19H,5-9H2,1H3;6-9H,1-5H2;2-5,9H,1H3;3*1-2H3;/q;;;;;;;+1/i2*1D3;;1D3;;;;. The van der Waals surface area contributed by atoms with Gasteiger partial charge in [0.1, 0.15) is 23.0 Å². The fraction of sp³-hybridized carbons (Fsp3) is 0.667. The minimum absolute atomic E-state index is 0. The van der Waals surface area contributed by atoms with Gasteiger partial charge in [-0.1, -0.05) is 71.9 Å². The Labute approximate surface area is 491 Å². The summed E-state index contributed by atoms with van der Waals surface area (Å²) in [6.45, 7) is 12.0. The molecule has 2 saturated heterocycles. The monoisotopic (exact) mass is 1110 g/mol. The van der Waals surface area contributed by atoms with Gasteiger partial charge in [-0.25, -0.2) is 14.6 Å². The molecule has 15 nitrogen and oxygen atoms in total. The summed E-state index contributed by atoms with van der Waals surface area (Å²) in [5.74, 6) is 2.32. The van der Waals surface area contributed by atoms with Crippen LogP contribution in [0.15, 0.2) is 72.8 Å². The molecule has 3 aromatic carbocycles. The van der Waals surface area contributed by atoms with Gasteiger partial charge in [-0.2, -0.15) is 18.2 Å². The van der Waals surface area contributed by atoms with Gasteiger partial charge in [0.2, 0.25) is 0 Å². The van der Waals surface area contributed by atoms with Crippen LogP contribution in [0.5, 0.6) is 17.2 Å². The smallest absolute Gasteiger partial charge is 0.508 e. The predicted molar refractivity (Wildman–Crippen MR) is 284 cm³/mol. The van der Waals surface area contributed by atoms with Crippen LogP contribution < -0.4 is 33.7 Å². The van der Waals surface area contributed by atoms with E-state index >= 15 is 0 Å². The molecule has 0 aromatic heterocycles. The summed E-state index contributed by atoms with van der Waals surface area (Å²) in [7, 11) is -12.9. The van der Waals surface area contributed by atoms with Crippen molar-refractivity contribution in [3.63, 3.8) is 0 Å². The number of phenols is 2. The van der Waals surface area contributed by atoms with Crippen LogP contribution >= 0.6 is 0 Å². The fourth-order valence-electron chi connectivity index (χ4n) is 16.3. The number of esters is 1. The summed E-state index contributed by atoms with van der Waals surface area (Å²) in [6.07, 6.45) is 16.7. The molecule has 2 heterocycles. The number of carbonyl (C=O) groups excluding carboxylic acids is 2. The largest absolute Gasteiger partial charge is 1.00 e. The maximum absolute atomic E-state index is 11.6. The number of Topliss-reactive ketones (excluding diaryl/α,β-unsaturated/α-hetero) is 1. The molecule has 420 valence electrons. The van der Waals surface area contributed by atoms with Crippen molar-refractivity contribution in [3.05, 3.63) is 89.5 Å². The molecular weight excluding hydrogens is 1020 g/mol. The van der Waals surface area contributed by atoms with Crippen molar-refractivity contribution in [1.82, 2.24) is 0 Å². The molecule has 2 spiro atoms. The van der Waals surface area contributed by atoms with E-state index in [1.54, 1.807) is 24.3 Å². The average molecular weight is 1110 g/mol. The topological polar surface area (TPSA) is 203 Å². The number of ketones is 1. The Morgan fingerprint density at radius 1 is 0.545 bits per heavy atom. The molecule has 77 heavy (non-hydrogen) atoms. The van der Waals surface area contributed by atoms with Gasteiger partial charge in [0, 0.05) is 37.0 Å². The fourth-order valence-corrected chi connectivity index (χ4v) is 16.7. The van der Waals surface area contributed by atoms with Crippen molar-refractivity contribution < 1.29 is 113 Å². The summed E-state index contributed by atoms with van der Waals surface area (Å²) in [5, 5.41) is 19.0. The van der Waals surface area contributed by atoms with Crippen molar-refractivity contribution in [3.8, 4) is 17.2 Å². The molecule has 2 unspecified atom stereocenters. The number of ether oxygens (including phenoxy) is 3. The first kappa shape index (κ1) is 49.7. The Morgan fingerprint density at radius 3 is 1.30 bits per heavy atom. The van der Waals surface area contributed by atoms with Crippen LogP contribution in [0.25, 0.3) is 0 Å². The summed E-state index contributed by atoms with van der Waals surface area (Å²) in [6, 6.07) is 17.5. The maximum atomic E-state index is 11.6. The molecule has 0 amide bonds. The quantitative estimate of drug-likeness (QED) is 0.0873. The number of rotatable bonds is 7. The van der Waals surface area contributed by atoms with E-state index < -0.39 is 60.3 Å². The summed E-state index contributed by atoms with van der Waals surface area (Å²) in [4.78, 5) is 45.3. The molecule has 14 fully saturated rings. The molecular formula is C60H84NaO15S+. The minimum atomic E-state index is -4.74. The third kappa shape index (κ3) is 11.3. The third-order valence-corrected chi connectivity index (χ3v) is 18.8. The van der Waals surface area contributed by atoms with Gasteiger partial charge in [-0.3, -0.25) is 9.35 Å². The van der Waals surface area contributed by atoms with Gasteiger partial charge >= 0.3 is 45.9 Å². The molecule has 2 aliphatic heterocycles. The number of phenolic OH excluding ortho intramolecular Hbond substituents is 2. The van der Waals surface area contributed by atoms with Crippen LogP contribution in [0.4, 0.5) is 0 Å². The average Bonchev–Trinajstić information content (AvgIpc) is 0.680. The number of hydrogen-bond acceptors (Lipinski definition) is 14. The summed E-state index contributed by atoms with van der Waals surface area (Å²) in [5.41, 5.74) is -0.925. The van der Waals surface area contributed by atoms with Crippen molar-refractivity contribution >= 4 is 22.2 Å². The van der Waals surface area contributed by atoms with E-state index in [0.29, 0.717) is 46.9 Å². The van der Waals surface area contributed by atoms with Gasteiger partial charge in [0.25, 0.3) is 11.6 Å². The maximum Gasteiger partial charge on any atom is 1.00 e.